The van der Waals surface area contributed by atoms with Gasteiger partial charge in [0.05, 0.1) is 0 Å². The summed E-state index contributed by atoms with van der Waals surface area (Å²) in [7, 11) is 1.91. The molecule has 2 heteroatoms. The zero-order valence-corrected chi connectivity index (χ0v) is 10.7. The van der Waals surface area contributed by atoms with Crippen molar-refractivity contribution in [3.63, 3.8) is 0 Å². The highest BCUT2D eigenvalue weighted by Gasteiger charge is 2.21. The van der Waals surface area contributed by atoms with Crippen molar-refractivity contribution in [1.82, 2.24) is 5.32 Å². The molecule has 1 atom stereocenters. The third-order valence-electron chi connectivity index (χ3n) is 3.32. The third-order valence-corrected chi connectivity index (χ3v) is 3.32. The fraction of sp³-hybridized carbons (Fsp3) is 0.571. The van der Waals surface area contributed by atoms with Crippen LogP contribution in [0.2, 0.25) is 0 Å². The SMILES string of the molecule is CCC(CC)C(NC)c1cc(C)ccc1F. The largest absolute Gasteiger partial charge is 0.313 e. The van der Waals surface area contributed by atoms with E-state index >= 15 is 0 Å². The molecule has 0 heterocycles. The zero-order valence-electron chi connectivity index (χ0n) is 10.7. The number of benzene rings is 1. The van der Waals surface area contributed by atoms with Crippen LogP contribution in [0.15, 0.2) is 18.2 Å². The lowest BCUT2D eigenvalue weighted by atomic mass is 9.88. The Kier molecular flexibility index (Phi) is 4.94. The maximum Gasteiger partial charge on any atom is 0.128 e. The summed E-state index contributed by atoms with van der Waals surface area (Å²) in [6.07, 6.45) is 2.13. The predicted molar refractivity (Wildman–Crippen MR) is 67.0 cm³/mol. The Labute approximate surface area is 98.1 Å². The highest BCUT2D eigenvalue weighted by Crippen LogP contribution is 2.29. The van der Waals surface area contributed by atoms with Crippen LogP contribution in [-0.4, -0.2) is 7.05 Å². The van der Waals surface area contributed by atoms with E-state index in [1.54, 1.807) is 6.07 Å². The summed E-state index contributed by atoms with van der Waals surface area (Å²) < 4.78 is 13.8. The minimum Gasteiger partial charge on any atom is -0.313 e. The van der Waals surface area contributed by atoms with E-state index in [9.17, 15) is 4.39 Å². The molecule has 0 aliphatic heterocycles. The van der Waals surface area contributed by atoms with Gasteiger partial charge in [-0.2, -0.15) is 0 Å². The first kappa shape index (κ1) is 13.2. The predicted octanol–water partition coefficient (Wildman–Crippen LogP) is 3.83. The molecule has 0 spiro atoms. The van der Waals surface area contributed by atoms with Gasteiger partial charge in [-0.25, -0.2) is 4.39 Å². The molecule has 90 valence electrons. The van der Waals surface area contributed by atoms with Gasteiger partial charge in [0.15, 0.2) is 0 Å². The lowest BCUT2D eigenvalue weighted by molar-refractivity contribution is 0.350. The molecule has 0 amide bonds. The summed E-state index contributed by atoms with van der Waals surface area (Å²) in [4.78, 5) is 0. The van der Waals surface area contributed by atoms with E-state index in [-0.39, 0.29) is 11.9 Å². The van der Waals surface area contributed by atoms with Crippen molar-refractivity contribution in [3.05, 3.63) is 35.1 Å². The molecular formula is C14H22FN. The monoisotopic (exact) mass is 223 g/mol. The van der Waals surface area contributed by atoms with Gasteiger partial charge in [-0.3, -0.25) is 0 Å². The standard InChI is InChI=1S/C14H22FN/c1-5-11(6-2)14(16-4)12-9-10(3)7-8-13(12)15/h7-9,11,14,16H,5-6H2,1-4H3. The average Bonchev–Trinajstić information content (AvgIpc) is 2.29. The molecule has 1 aromatic carbocycles. The van der Waals surface area contributed by atoms with E-state index in [1.165, 1.54) is 0 Å². The number of hydrogen-bond acceptors (Lipinski definition) is 1. The Hall–Kier alpha value is -0.890. The summed E-state index contributed by atoms with van der Waals surface area (Å²) >= 11 is 0. The van der Waals surface area contributed by atoms with E-state index in [0.717, 1.165) is 24.0 Å². The fourth-order valence-corrected chi connectivity index (χ4v) is 2.31. The van der Waals surface area contributed by atoms with Crippen LogP contribution in [0.5, 0.6) is 0 Å². The van der Waals surface area contributed by atoms with Gasteiger partial charge in [-0.15, -0.1) is 0 Å². The van der Waals surface area contributed by atoms with Crippen LogP contribution >= 0.6 is 0 Å². The Morgan fingerprint density at radius 3 is 2.38 bits per heavy atom. The smallest absolute Gasteiger partial charge is 0.128 e. The van der Waals surface area contributed by atoms with E-state index in [2.05, 4.69) is 19.2 Å². The quantitative estimate of drug-likeness (QED) is 0.800. The number of rotatable bonds is 5. The Balaban J connectivity index is 3.06. The van der Waals surface area contributed by atoms with Gasteiger partial charge in [0, 0.05) is 11.6 Å². The first-order valence-electron chi connectivity index (χ1n) is 6.07. The van der Waals surface area contributed by atoms with Crippen molar-refractivity contribution in [2.75, 3.05) is 7.05 Å². The summed E-state index contributed by atoms with van der Waals surface area (Å²) in [5, 5.41) is 3.25. The molecule has 1 aromatic rings. The lowest BCUT2D eigenvalue weighted by Gasteiger charge is -2.26. The van der Waals surface area contributed by atoms with Crippen LogP contribution in [-0.2, 0) is 0 Å². The molecule has 0 aliphatic carbocycles. The average molecular weight is 223 g/mol. The highest BCUT2D eigenvalue weighted by molar-refractivity contribution is 5.27. The van der Waals surface area contributed by atoms with Crippen molar-refractivity contribution in [2.24, 2.45) is 5.92 Å². The van der Waals surface area contributed by atoms with E-state index in [4.69, 9.17) is 0 Å². The van der Waals surface area contributed by atoms with E-state index in [1.807, 2.05) is 26.1 Å². The molecule has 0 radical (unpaired) electrons. The molecule has 0 aliphatic rings. The molecule has 0 saturated carbocycles. The summed E-state index contributed by atoms with van der Waals surface area (Å²) in [5.41, 5.74) is 1.92. The van der Waals surface area contributed by atoms with Crippen molar-refractivity contribution < 1.29 is 4.39 Å². The second-order valence-corrected chi connectivity index (χ2v) is 4.37. The summed E-state index contributed by atoms with van der Waals surface area (Å²) in [6, 6.07) is 5.46. The van der Waals surface area contributed by atoms with Gasteiger partial charge in [0.2, 0.25) is 0 Å². The minimum absolute atomic E-state index is 0.100. The topological polar surface area (TPSA) is 12.0 Å². The fourth-order valence-electron chi connectivity index (χ4n) is 2.31. The summed E-state index contributed by atoms with van der Waals surface area (Å²) in [6.45, 7) is 6.32. The van der Waals surface area contributed by atoms with Gasteiger partial charge in [0.25, 0.3) is 0 Å². The van der Waals surface area contributed by atoms with E-state index < -0.39 is 0 Å². The van der Waals surface area contributed by atoms with Crippen LogP contribution in [0, 0.1) is 18.7 Å². The number of hydrogen-bond donors (Lipinski definition) is 1. The molecule has 1 unspecified atom stereocenters. The van der Waals surface area contributed by atoms with Crippen LogP contribution < -0.4 is 5.32 Å². The van der Waals surface area contributed by atoms with E-state index in [0.29, 0.717) is 5.92 Å². The third kappa shape index (κ3) is 2.82. The molecule has 0 aromatic heterocycles. The second kappa shape index (κ2) is 6.00. The van der Waals surface area contributed by atoms with Gasteiger partial charge < -0.3 is 5.32 Å². The van der Waals surface area contributed by atoms with Gasteiger partial charge in [0.1, 0.15) is 5.82 Å². The second-order valence-electron chi connectivity index (χ2n) is 4.37. The molecule has 0 fully saturated rings. The molecule has 16 heavy (non-hydrogen) atoms. The van der Waals surface area contributed by atoms with Crippen molar-refractivity contribution in [3.8, 4) is 0 Å². The van der Waals surface area contributed by atoms with Crippen molar-refractivity contribution in [2.45, 2.75) is 39.7 Å². The van der Waals surface area contributed by atoms with Gasteiger partial charge >= 0.3 is 0 Å². The number of nitrogens with one attached hydrogen (secondary N) is 1. The molecule has 0 saturated heterocycles. The molecule has 1 nitrogen and oxygen atoms in total. The summed E-state index contributed by atoms with van der Waals surface area (Å²) in [5.74, 6) is 0.387. The van der Waals surface area contributed by atoms with Crippen LogP contribution in [0.3, 0.4) is 0 Å². The Bertz CT molecular complexity index is 332. The van der Waals surface area contributed by atoms with Crippen molar-refractivity contribution >= 4 is 0 Å². The van der Waals surface area contributed by atoms with Crippen LogP contribution in [0.1, 0.15) is 43.9 Å². The maximum absolute atomic E-state index is 13.8. The van der Waals surface area contributed by atoms with Crippen molar-refractivity contribution in [1.29, 1.82) is 0 Å². The Morgan fingerprint density at radius 2 is 1.88 bits per heavy atom. The Morgan fingerprint density at radius 1 is 1.25 bits per heavy atom. The normalized spacial score (nSPS) is 13.1. The highest BCUT2D eigenvalue weighted by atomic mass is 19.1. The van der Waals surface area contributed by atoms with Crippen LogP contribution in [0.25, 0.3) is 0 Å². The molecule has 0 bridgehead atoms. The molecule has 1 rings (SSSR count). The van der Waals surface area contributed by atoms with Gasteiger partial charge in [-0.05, 0) is 26.0 Å². The number of halogens is 1. The van der Waals surface area contributed by atoms with Gasteiger partial charge in [-0.1, -0.05) is 44.4 Å². The minimum atomic E-state index is -0.100. The lowest BCUT2D eigenvalue weighted by Crippen LogP contribution is -2.25. The first-order chi connectivity index (χ1) is 7.63. The molecular weight excluding hydrogens is 201 g/mol. The zero-order chi connectivity index (χ0) is 12.1. The maximum atomic E-state index is 13.8. The number of aryl methyl sites for hydroxylation is 1. The molecule has 1 N–H and O–H groups in total. The first-order valence-corrected chi connectivity index (χ1v) is 6.07. The van der Waals surface area contributed by atoms with Crippen LogP contribution in [0.4, 0.5) is 4.39 Å².